The van der Waals surface area contributed by atoms with Crippen LogP contribution in [0, 0.1) is 6.92 Å². The number of esters is 1. The third kappa shape index (κ3) is 9.50. The van der Waals surface area contributed by atoms with Crippen molar-refractivity contribution in [3.05, 3.63) is 65.7 Å². The maximum atomic E-state index is 11.2. The van der Waals surface area contributed by atoms with E-state index in [4.69, 9.17) is 15.0 Å². The molecule has 0 heterocycles. The minimum Gasteiger partial charge on any atom is -0.460 e. The fourth-order valence-electron chi connectivity index (χ4n) is 1.74. The Labute approximate surface area is 158 Å². The molecule has 27 heavy (non-hydrogen) atoms. The van der Waals surface area contributed by atoms with Crippen LogP contribution in [0.5, 0.6) is 0 Å². The van der Waals surface area contributed by atoms with Crippen LogP contribution >= 0.6 is 0 Å². The van der Waals surface area contributed by atoms with E-state index in [1.54, 1.807) is 12.1 Å². The summed E-state index contributed by atoms with van der Waals surface area (Å²) < 4.78 is 34.5. The first-order valence-corrected chi connectivity index (χ1v) is 9.37. The number of rotatable bonds is 6. The van der Waals surface area contributed by atoms with E-state index in [0.717, 1.165) is 11.1 Å². The number of nitrogens with two attached hydrogens (primary N) is 1. The Kier molecular flexibility index (Phi) is 9.14. The molecule has 0 fully saturated rings. The summed E-state index contributed by atoms with van der Waals surface area (Å²) in [5.41, 5.74) is 6.92. The Balaban J connectivity index is 0.000000289. The molecule has 0 aromatic heterocycles. The monoisotopic (exact) mass is 394 g/mol. The number of carbonyl (C=O) groups is 2. The summed E-state index contributed by atoms with van der Waals surface area (Å²) in [6.45, 7) is 1.76. The number of ether oxygens (including phenoxy) is 1. The first-order chi connectivity index (χ1) is 12.7. The van der Waals surface area contributed by atoms with Crippen LogP contribution in [0.25, 0.3) is 0 Å². The summed E-state index contributed by atoms with van der Waals surface area (Å²) in [5.74, 6) is -0.859. The van der Waals surface area contributed by atoms with Crippen LogP contribution in [0.3, 0.4) is 0 Å². The van der Waals surface area contributed by atoms with Crippen molar-refractivity contribution < 1.29 is 27.3 Å². The van der Waals surface area contributed by atoms with Gasteiger partial charge in [0.1, 0.15) is 13.2 Å². The molecule has 8 nitrogen and oxygen atoms in total. The molecular formula is C18H22N2O6S. The fraction of sp³-hybridized carbons (Fsp3) is 0.222. The van der Waals surface area contributed by atoms with Crippen LogP contribution in [0.4, 0.5) is 0 Å². The molecule has 0 unspecified atom stereocenters. The number of hydrogen-bond donors (Lipinski definition) is 3. The highest BCUT2D eigenvalue weighted by Crippen LogP contribution is 2.08. The van der Waals surface area contributed by atoms with Crippen molar-refractivity contribution >= 4 is 22.0 Å². The van der Waals surface area contributed by atoms with E-state index in [-0.39, 0.29) is 30.5 Å². The first-order valence-electron chi connectivity index (χ1n) is 7.93. The number of hydrogen-bond acceptors (Lipinski definition) is 6. The average molecular weight is 394 g/mol. The minimum atomic E-state index is -4.02. The molecule has 0 spiro atoms. The van der Waals surface area contributed by atoms with E-state index < -0.39 is 16.1 Å². The van der Waals surface area contributed by atoms with Gasteiger partial charge in [-0.1, -0.05) is 48.0 Å². The number of amides is 1. The highest BCUT2D eigenvalue weighted by atomic mass is 32.2. The molecule has 2 rings (SSSR count). The molecule has 2 aromatic rings. The predicted octanol–water partition coefficient (Wildman–Crippen LogP) is 1.05. The molecule has 146 valence electrons. The molecule has 9 heteroatoms. The molecule has 0 aliphatic rings. The van der Waals surface area contributed by atoms with Crippen molar-refractivity contribution in [3.8, 4) is 0 Å². The third-order valence-corrected chi connectivity index (χ3v) is 4.04. The Morgan fingerprint density at radius 3 is 2.19 bits per heavy atom. The molecule has 0 radical (unpaired) electrons. The van der Waals surface area contributed by atoms with E-state index in [1.165, 1.54) is 12.1 Å². The second-order valence-corrected chi connectivity index (χ2v) is 6.84. The van der Waals surface area contributed by atoms with Gasteiger partial charge in [0.25, 0.3) is 10.1 Å². The van der Waals surface area contributed by atoms with Gasteiger partial charge < -0.3 is 15.8 Å². The van der Waals surface area contributed by atoms with Crippen molar-refractivity contribution in [3.63, 3.8) is 0 Å². The van der Waals surface area contributed by atoms with Crippen LogP contribution < -0.4 is 11.1 Å². The van der Waals surface area contributed by atoms with Crippen LogP contribution in [-0.2, 0) is 31.1 Å². The fourth-order valence-corrected chi connectivity index (χ4v) is 2.22. The van der Waals surface area contributed by atoms with Crippen LogP contribution in [0.15, 0.2) is 59.5 Å². The molecule has 0 bridgehead atoms. The van der Waals surface area contributed by atoms with Gasteiger partial charge >= 0.3 is 5.97 Å². The Morgan fingerprint density at radius 1 is 1.07 bits per heavy atom. The zero-order chi connectivity index (χ0) is 20.3. The van der Waals surface area contributed by atoms with Crippen molar-refractivity contribution in [1.82, 2.24) is 5.32 Å². The second kappa shape index (κ2) is 11.1. The quantitative estimate of drug-likeness (QED) is 0.492. The van der Waals surface area contributed by atoms with Gasteiger partial charge in [-0.25, -0.2) is 0 Å². The van der Waals surface area contributed by atoms with Gasteiger partial charge in [-0.05, 0) is 24.6 Å². The summed E-state index contributed by atoms with van der Waals surface area (Å²) in [6.07, 6.45) is 0. The van der Waals surface area contributed by atoms with E-state index in [1.807, 2.05) is 37.3 Å². The molecule has 1 amide bonds. The lowest BCUT2D eigenvalue weighted by Gasteiger charge is -2.05. The maximum absolute atomic E-state index is 11.2. The molecule has 0 aliphatic carbocycles. The van der Waals surface area contributed by atoms with Crippen LogP contribution in [-0.4, -0.2) is 37.9 Å². The topological polar surface area (TPSA) is 136 Å². The van der Waals surface area contributed by atoms with Gasteiger partial charge in [0.05, 0.1) is 11.4 Å². The molecule has 4 N–H and O–H groups in total. The lowest BCUT2D eigenvalue weighted by Crippen LogP contribution is -2.34. The van der Waals surface area contributed by atoms with Gasteiger partial charge in [0.2, 0.25) is 5.91 Å². The summed E-state index contributed by atoms with van der Waals surface area (Å²) >= 11 is 0. The Morgan fingerprint density at radius 2 is 1.67 bits per heavy atom. The lowest BCUT2D eigenvalue weighted by atomic mass is 10.2. The largest absolute Gasteiger partial charge is 0.460 e. The smallest absolute Gasteiger partial charge is 0.325 e. The highest BCUT2D eigenvalue weighted by Gasteiger charge is 2.07. The van der Waals surface area contributed by atoms with Crippen molar-refractivity contribution in [1.29, 1.82) is 0 Å². The van der Waals surface area contributed by atoms with Crippen LogP contribution in [0.2, 0.25) is 0 Å². The normalized spacial score (nSPS) is 10.3. The number of aryl methyl sites for hydroxylation is 1. The minimum absolute atomic E-state index is 0.0666. The summed E-state index contributed by atoms with van der Waals surface area (Å²) in [7, 11) is -4.02. The first kappa shape index (κ1) is 22.3. The average Bonchev–Trinajstić information content (AvgIpc) is 2.65. The Hall–Kier alpha value is -2.75. The van der Waals surface area contributed by atoms with E-state index >= 15 is 0 Å². The zero-order valence-corrected chi connectivity index (χ0v) is 15.6. The second-order valence-electron chi connectivity index (χ2n) is 5.42. The standard InChI is InChI=1S/C11H14N2O3.C7H8O3S/c12-6-10(14)13-7-11(15)16-8-9-4-2-1-3-5-9;1-6-2-4-7(5-3-6)11(8,9)10/h1-5H,6-8,12H2,(H,13,14);2-5H,1H3,(H,8,9,10). The van der Waals surface area contributed by atoms with E-state index in [2.05, 4.69) is 5.32 Å². The predicted molar refractivity (Wildman–Crippen MR) is 99.3 cm³/mol. The van der Waals surface area contributed by atoms with E-state index in [0.29, 0.717) is 0 Å². The van der Waals surface area contributed by atoms with Crippen molar-refractivity contribution in [2.24, 2.45) is 5.73 Å². The van der Waals surface area contributed by atoms with Crippen LogP contribution in [0.1, 0.15) is 11.1 Å². The van der Waals surface area contributed by atoms with Gasteiger partial charge in [-0.2, -0.15) is 8.42 Å². The summed E-state index contributed by atoms with van der Waals surface area (Å²) in [6, 6.07) is 15.3. The lowest BCUT2D eigenvalue weighted by molar-refractivity contribution is -0.145. The summed E-state index contributed by atoms with van der Waals surface area (Å²) in [5, 5.41) is 2.33. The zero-order valence-electron chi connectivity index (χ0n) is 14.8. The molecule has 0 aliphatic heterocycles. The SMILES string of the molecule is Cc1ccc(S(=O)(=O)O)cc1.NCC(=O)NCC(=O)OCc1ccccc1. The molecular weight excluding hydrogens is 372 g/mol. The molecule has 0 saturated heterocycles. The number of carbonyl (C=O) groups excluding carboxylic acids is 2. The van der Waals surface area contributed by atoms with Gasteiger partial charge in [0, 0.05) is 0 Å². The Bertz CT molecular complexity index is 836. The van der Waals surface area contributed by atoms with Gasteiger partial charge in [0.15, 0.2) is 0 Å². The molecule has 0 saturated carbocycles. The third-order valence-electron chi connectivity index (χ3n) is 3.18. The van der Waals surface area contributed by atoms with Gasteiger partial charge in [-0.3, -0.25) is 14.1 Å². The van der Waals surface area contributed by atoms with Gasteiger partial charge in [-0.15, -0.1) is 0 Å². The number of benzene rings is 2. The maximum Gasteiger partial charge on any atom is 0.325 e. The highest BCUT2D eigenvalue weighted by molar-refractivity contribution is 7.85. The summed E-state index contributed by atoms with van der Waals surface area (Å²) in [4.78, 5) is 21.8. The number of nitrogens with one attached hydrogen (secondary N) is 1. The van der Waals surface area contributed by atoms with Crippen molar-refractivity contribution in [2.75, 3.05) is 13.1 Å². The molecule has 0 atom stereocenters. The molecule has 2 aromatic carbocycles. The van der Waals surface area contributed by atoms with Crippen molar-refractivity contribution in [2.45, 2.75) is 18.4 Å². The van der Waals surface area contributed by atoms with E-state index in [9.17, 15) is 18.0 Å².